The Morgan fingerprint density at radius 1 is 1.18 bits per heavy atom. The number of aryl methyl sites for hydroxylation is 1. The quantitative estimate of drug-likeness (QED) is 0.152. The number of anilines is 1. The van der Waals surface area contributed by atoms with Crippen LogP contribution in [0.25, 0.3) is 21.9 Å². The number of nitrogens with one attached hydrogen (secondary N) is 2. The zero-order valence-electron chi connectivity index (χ0n) is 25.5. The third-order valence-corrected chi connectivity index (χ3v) is 8.82. The highest BCUT2D eigenvalue weighted by Gasteiger charge is 2.65. The number of nitrogens with zero attached hydrogens (tertiary/aromatic N) is 4. The van der Waals surface area contributed by atoms with Crippen molar-refractivity contribution in [2.45, 2.75) is 70.6 Å². The standard InChI is InChI=1S/C29H35F2N6O7P/c1-16(2)42-25(38)17(3)36-45(40,44-21-13-9-11-19-10-7-8-12-20(19)21)41-14-29(31)26(39)28(5,30)27(43-29)37-15-33-22-23(32-6)34-18(4)35-24(22)37/h7-13,15-17,26-27,39H,14H2,1-6H3,(H,36,40)(H,32,34,35)/t17-,26+,27-,28-,29-,45-/m1/s1. The number of aromatic nitrogens is 4. The number of hydrogen-bond donors (Lipinski definition) is 3. The third kappa shape index (κ3) is 6.36. The normalized spacial score (nSPS) is 25.4. The minimum atomic E-state index is -4.65. The molecule has 0 unspecified atom stereocenters. The monoisotopic (exact) mass is 648 g/mol. The molecule has 45 heavy (non-hydrogen) atoms. The summed E-state index contributed by atoms with van der Waals surface area (Å²) in [6.07, 6.45) is -3.47. The predicted molar refractivity (Wildman–Crippen MR) is 161 cm³/mol. The summed E-state index contributed by atoms with van der Waals surface area (Å²) in [6.45, 7) is 5.95. The van der Waals surface area contributed by atoms with Gasteiger partial charge in [-0.05, 0) is 46.1 Å². The van der Waals surface area contributed by atoms with E-state index in [1.165, 1.54) is 19.3 Å². The van der Waals surface area contributed by atoms with Crippen LogP contribution in [0.3, 0.4) is 0 Å². The number of carbonyl (C=O) groups is 1. The first-order valence-corrected chi connectivity index (χ1v) is 15.7. The van der Waals surface area contributed by atoms with E-state index < -0.39 is 56.3 Å². The molecular weight excluding hydrogens is 613 g/mol. The van der Waals surface area contributed by atoms with E-state index in [1.807, 2.05) is 0 Å². The van der Waals surface area contributed by atoms with E-state index in [9.17, 15) is 14.5 Å². The SMILES string of the molecule is CNc1nc(C)nc2c1ncn2[C@@H]1O[C@](F)(CO[P@](=O)(N[C@H](C)C(=O)OC(C)C)Oc2cccc3ccccc23)[C@@H](O)[C@@]1(C)F. The number of imidazole rings is 1. The number of rotatable bonds is 11. The van der Waals surface area contributed by atoms with Crippen molar-refractivity contribution in [1.82, 2.24) is 24.6 Å². The Bertz CT molecular complexity index is 1770. The number of hydrogen-bond acceptors (Lipinski definition) is 11. The first-order valence-electron chi connectivity index (χ1n) is 14.2. The van der Waals surface area contributed by atoms with Crippen molar-refractivity contribution < 1.29 is 41.8 Å². The molecule has 5 rings (SSSR count). The molecule has 3 N–H and O–H groups in total. The van der Waals surface area contributed by atoms with E-state index in [0.29, 0.717) is 17.0 Å². The first kappa shape index (κ1) is 32.6. The van der Waals surface area contributed by atoms with Crippen molar-refractivity contribution in [2.75, 3.05) is 19.0 Å². The van der Waals surface area contributed by atoms with Crippen molar-refractivity contribution >= 4 is 41.5 Å². The van der Waals surface area contributed by atoms with E-state index in [4.69, 9.17) is 18.5 Å². The fourth-order valence-corrected chi connectivity index (χ4v) is 6.55. The first-order chi connectivity index (χ1) is 21.2. The van der Waals surface area contributed by atoms with Crippen LogP contribution in [0.1, 0.15) is 39.7 Å². The minimum Gasteiger partial charge on any atom is -0.462 e. The van der Waals surface area contributed by atoms with Crippen LogP contribution in [0.5, 0.6) is 5.75 Å². The second kappa shape index (κ2) is 12.2. The molecule has 1 fully saturated rings. The average Bonchev–Trinajstić information content (AvgIpc) is 3.48. The molecule has 1 aliphatic rings. The topological polar surface area (TPSA) is 159 Å². The van der Waals surface area contributed by atoms with Crippen LogP contribution in [0, 0.1) is 6.92 Å². The maximum Gasteiger partial charge on any atom is 0.459 e. The van der Waals surface area contributed by atoms with Crippen LogP contribution in [0.4, 0.5) is 14.6 Å². The van der Waals surface area contributed by atoms with Gasteiger partial charge in [0.05, 0.1) is 12.4 Å². The Morgan fingerprint density at radius 2 is 1.89 bits per heavy atom. The van der Waals surface area contributed by atoms with Crippen molar-refractivity contribution in [3.05, 3.63) is 54.6 Å². The van der Waals surface area contributed by atoms with E-state index in [0.717, 1.165) is 16.9 Å². The van der Waals surface area contributed by atoms with Gasteiger partial charge in [0.15, 0.2) is 35.0 Å². The molecular formula is C29H35F2N6O7P. The number of benzene rings is 2. The Labute approximate surface area is 257 Å². The molecule has 1 saturated heterocycles. The lowest BCUT2D eigenvalue weighted by Gasteiger charge is -2.28. The highest BCUT2D eigenvalue weighted by atomic mass is 31.2. The largest absolute Gasteiger partial charge is 0.462 e. The van der Waals surface area contributed by atoms with Gasteiger partial charge in [0, 0.05) is 12.4 Å². The van der Waals surface area contributed by atoms with Gasteiger partial charge in [0.25, 0.3) is 5.85 Å². The van der Waals surface area contributed by atoms with E-state index in [-0.39, 0.29) is 16.9 Å². The van der Waals surface area contributed by atoms with Crippen LogP contribution in [0.2, 0.25) is 0 Å². The maximum atomic E-state index is 16.4. The summed E-state index contributed by atoms with van der Waals surface area (Å²) in [5.41, 5.74) is -2.35. The third-order valence-electron chi connectivity index (χ3n) is 7.21. The summed E-state index contributed by atoms with van der Waals surface area (Å²) in [4.78, 5) is 25.3. The van der Waals surface area contributed by atoms with Gasteiger partial charge in [0.2, 0.25) is 0 Å². The smallest absolute Gasteiger partial charge is 0.459 e. The second-order valence-electron chi connectivity index (χ2n) is 11.2. The summed E-state index contributed by atoms with van der Waals surface area (Å²) >= 11 is 0. The van der Waals surface area contributed by atoms with Crippen molar-refractivity contribution in [3.8, 4) is 5.75 Å². The number of esters is 1. The van der Waals surface area contributed by atoms with Gasteiger partial charge >= 0.3 is 13.7 Å². The Morgan fingerprint density at radius 3 is 2.60 bits per heavy atom. The number of carbonyl (C=O) groups excluding carboxylic acids is 1. The molecule has 1 aliphatic heterocycles. The molecule has 242 valence electrons. The van der Waals surface area contributed by atoms with E-state index in [2.05, 4.69) is 25.4 Å². The number of alkyl halides is 2. The molecule has 13 nitrogen and oxygen atoms in total. The van der Waals surface area contributed by atoms with Gasteiger partial charge in [-0.15, -0.1) is 0 Å². The van der Waals surface area contributed by atoms with Crippen LogP contribution in [-0.2, 0) is 23.4 Å². The van der Waals surface area contributed by atoms with E-state index in [1.54, 1.807) is 64.2 Å². The molecule has 0 amide bonds. The number of halogens is 2. The summed E-state index contributed by atoms with van der Waals surface area (Å²) in [7, 11) is -3.03. The Balaban J connectivity index is 1.45. The van der Waals surface area contributed by atoms with Crippen LogP contribution >= 0.6 is 7.75 Å². The van der Waals surface area contributed by atoms with Crippen LogP contribution < -0.4 is 14.9 Å². The summed E-state index contributed by atoms with van der Waals surface area (Å²) < 4.78 is 69.9. The fourth-order valence-electron chi connectivity index (χ4n) is 5.03. The highest BCUT2D eigenvalue weighted by molar-refractivity contribution is 7.52. The van der Waals surface area contributed by atoms with Gasteiger partial charge in [-0.25, -0.2) is 28.3 Å². The number of aliphatic hydroxyl groups excluding tert-OH is 1. The molecule has 2 aromatic heterocycles. The van der Waals surface area contributed by atoms with Crippen molar-refractivity contribution in [3.63, 3.8) is 0 Å². The van der Waals surface area contributed by atoms with Crippen molar-refractivity contribution in [2.24, 2.45) is 0 Å². The lowest BCUT2D eigenvalue weighted by molar-refractivity contribution is -0.202. The zero-order chi connectivity index (χ0) is 32.7. The predicted octanol–water partition coefficient (Wildman–Crippen LogP) is 4.75. The molecule has 16 heteroatoms. The molecule has 0 aliphatic carbocycles. The van der Waals surface area contributed by atoms with Gasteiger partial charge < -0.3 is 24.4 Å². The molecule has 2 aromatic carbocycles. The minimum absolute atomic E-state index is 0.0997. The lowest BCUT2D eigenvalue weighted by Crippen LogP contribution is -2.47. The van der Waals surface area contributed by atoms with E-state index >= 15 is 8.78 Å². The molecule has 0 radical (unpaired) electrons. The average molecular weight is 649 g/mol. The zero-order valence-corrected chi connectivity index (χ0v) is 26.4. The van der Waals surface area contributed by atoms with Gasteiger partial charge in [0.1, 0.15) is 24.2 Å². The number of fused-ring (bicyclic) bond motifs is 2. The van der Waals surface area contributed by atoms with Gasteiger partial charge in [-0.2, -0.15) is 5.09 Å². The molecule has 3 heterocycles. The van der Waals surface area contributed by atoms with Gasteiger partial charge in [-0.1, -0.05) is 36.4 Å². The summed E-state index contributed by atoms with van der Waals surface area (Å²) in [5, 5.41) is 17.6. The molecule has 6 atom stereocenters. The summed E-state index contributed by atoms with van der Waals surface area (Å²) in [5.74, 6) is -3.23. The maximum absolute atomic E-state index is 16.4. The lowest BCUT2D eigenvalue weighted by atomic mass is 9.97. The highest BCUT2D eigenvalue weighted by Crippen LogP contribution is 2.52. The second-order valence-corrected chi connectivity index (χ2v) is 12.9. The van der Waals surface area contributed by atoms with Crippen LogP contribution in [-0.4, -0.2) is 74.0 Å². The molecule has 0 bridgehead atoms. The molecule has 4 aromatic rings. The Hall–Kier alpha value is -3.75. The molecule has 0 spiro atoms. The summed E-state index contributed by atoms with van der Waals surface area (Å²) in [6, 6.07) is 10.8. The van der Waals surface area contributed by atoms with Crippen LogP contribution in [0.15, 0.2) is 48.8 Å². The number of ether oxygens (including phenoxy) is 2. The fraction of sp³-hybridized carbons (Fsp3) is 0.448. The van der Waals surface area contributed by atoms with Gasteiger partial charge in [-0.3, -0.25) is 13.9 Å². The van der Waals surface area contributed by atoms with Crippen molar-refractivity contribution in [1.29, 1.82) is 0 Å². The molecule has 0 saturated carbocycles. The number of aliphatic hydroxyl groups is 1. The Kier molecular flexibility index (Phi) is 8.86.